The lowest BCUT2D eigenvalue weighted by Crippen LogP contribution is -2.58. The molecular weight excluding hydrogens is 623 g/mol. The number of halogens is 2. The first-order valence-corrected chi connectivity index (χ1v) is 16.6. The van der Waals surface area contributed by atoms with Gasteiger partial charge in [0.05, 0.1) is 29.2 Å². The molecule has 0 saturated heterocycles. The van der Waals surface area contributed by atoms with E-state index in [1.807, 2.05) is 37.3 Å². The van der Waals surface area contributed by atoms with E-state index in [9.17, 15) is 18.0 Å². The zero-order valence-electron chi connectivity index (χ0n) is 25.8. The fraction of sp³-hybridized carbons (Fsp3) is 0.500. The van der Waals surface area contributed by atoms with Gasteiger partial charge in [-0.15, -0.1) is 12.4 Å². The van der Waals surface area contributed by atoms with E-state index < -0.39 is 33.1 Å². The third kappa shape index (κ3) is 7.49. The Morgan fingerprint density at radius 2 is 1.70 bits per heavy atom. The van der Waals surface area contributed by atoms with Gasteiger partial charge >= 0.3 is 0 Å². The molecule has 0 aromatic heterocycles. The number of rotatable bonds is 11. The van der Waals surface area contributed by atoms with Gasteiger partial charge in [0, 0.05) is 30.7 Å². The van der Waals surface area contributed by atoms with Gasteiger partial charge in [-0.05, 0) is 50.8 Å². The predicted octanol–water partition coefficient (Wildman–Crippen LogP) is 4.74. The highest BCUT2D eigenvalue weighted by Crippen LogP contribution is 2.52. The largest absolute Gasteiger partial charge is 0.374 e. The standard InChI is InChI=1S/C32H43ClN4O5S.ClH/c1-5-37(29(38)27(35-30(39)31(2,3)34)22-42-21-23-14-8-6-9-15-23)20-25-28(24-16-10-11-17-26(24)33)43(40,41)36(4)32(25)18-12-7-13-19-32;/h6,8-11,14-17,27H,5,7,12-13,18-22,34H2,1-4H3,(H,35,39);1H/t27-;/m1./s1. The van der Waals surface area contributed by atoms with Gasteiger partial charge in [0.1, 0.15) is 6.04 Å². The lowest BCUT2D eigenvalue weighted by molar-refractivity contribution is -0.139. The molecule has 1 fully saturated rings. The Hall–Kier alpha value is -2.47. The number of nitrogens with zero attached hydrogens (tertiary/aromatic N) is 2. The Labute approximate surface area is 272 Å². The van der Waals surface area contributed by atoms with Gasteiger partial charge in [-0.2, -0.15) is 4.31 Å². The van der Waals surface area contributed by atoms with Crippen LogP contribution in [-0.2, 0) is 31.0 Å². The second-order valence-corrected chi connectivity index (χ2v) is 14.3. The quantitative estimate of drug-likeness (QED) is 0.357. The normalized spacial score (nSPS) is 18.5. The number of nitrogens with one attached hydrogen (secondary N) is 1. The highest BCUT2D eigenvalue weighted by molar-refractivity contribution is 7.98. The maximum absolute atomic E-state index is 14.2. The van der Waals surface area contributed by atoms with E-state index in [-0.39, 0.29) is 49.5 Å². The summed E-state index contributed by atoms with van der Waals surface area (Å²) < 4.78 is 35.5. The summed E-state index contributed by atoms with van der Waals surface area (Å²) in [4.78, 5) is 28.9. The molecule has 1 heterocycles. The van der Waals surface area contributed by atoms with Crippen LogP contribution in [0.4, 0.5) is 0 Å². The van der Waals surface area contributed by atoms with Gasteiger partial charge in [0.15, 0.2) is 0 Å². The van der Waals surface area contributed by atoms with Gasteiger partial charge in [-0.25, -0.2) is 8.42 Å². The number of hydrogen-bond donors (Lipinski definition) is 2. The molecule has 242 valence electrons. The van der Waals surface area contributed by atoms with Gasteiger partial charge in [-0.1, -0.05) is 79.4 Å². The van der Waals surface area contributed by atoms with Crippen molar-refractivity contribution in [3.05, 3.63) is 76.3 Å². The second kappa shape index (κ2) is 14.7. The van der Waals surface area contributed by atoms with E-state index in [2.05, 4.69) is 5.32 Å². The van der Waals surface area contributed by atoms with E-state index in [4.69, 9.17) is 22.1 Å². The van der Waals surface area contributed by atoms with Crippen LogP contribution in [0.2, 0.25) is 5.02 Å². The summed E-state index contributed by atoms with van der Waals surface area (Å²) in [6.07, 6.45) is 4.06. The molecule has 2 aromatic rings. The monoisotopic (exact) mass is 666 g/mol. The molecule has 2 aliphatic rings. The number of sulfonamides is 1. The topological polar surface area (TPSA) is 122 Å². The second-order valence-electron chi connectivity index (χ2n) is 12.0. The molecule has 1 atom stereocenters. The molecule has 4 rings (SSSR count). The Bertz CT molecular complexity index is 1450. The minimum Gasteiger partial charge on any atom is -0.374 e. The van der Waals surface area contributed by atoms with Gasteiger partial charge in [-0.3, -0.25) is 9.59 Å². The zero-order chi connectivity index (χ0) is 31.4. The molecule has 1 saturated carbocycles. The summed E-state index contributed by atoms with van der Waals surface area (Å²) in [6.45, 7) is 5.51. The van der Waals surface area contributed by atoms with Crippen molar-refractivity contribution in [3.63, 3.8) is 0 Å². The van der Waals surface area contributed by atoms with Gasteiger partial charge in [0.2, 0.25) is 21.8 Å². The Morgan fingerprint density at radius 1 is 1.09 bits per heavy atom. The summed E-state index contributed by atoms with van der Waals surface area (Å²) in [5, 5.41) is 3.12. The summed E-state index contributed by atoms with van der Waals surface area (Å²) in [5.74, 6) is -0.870. The van der Waals surface area contributed by atoms with E-state index in [0.717, 1.165) is 24.8 Å². The molecule has 0 radical (unpaired) electrons. The molecule has 3 N–H and O–H groups in total. The van der Waals surface area contributed by atoms with Crippen LogP contribution in [0.5, 0.6) is 0 Å². The number of hydrogen-bond acceptors (Lipinski definition) is 6. The maximum Gasteiger partial charge on any atom is 0.247 e. The lowest BCUT2D eigenvalue weighted by atomic mass is 9.75. The first kappa shape index (κ1) is 36.0. The van der Waals surface area contributed by atoms with Crippen LogP contribution in [-0.4, -0.2) is 73.3 Å². The number of carbonyl (C=O) groups excluding carboxylic acids is 2. The van der Waals surface area contributed by atoms with Crippen molar-refractivity contribution in [2.75, 3.05) is 26.7 Å². The van der Waals surface area contributed by atoms with E-state index >= 15 is 0 Å². The number of amides is 2. The molecule has 2 amide bonds. The van der Waals surface area contributed by atoms with Crippen molar-refractivity contribution >= 4 is 50.8 Å². The fourth-order valence-electron chi connectivity index (χ4n) is 5.99. The van der Waals surface area contributed by atoms with Crippen LogP contribution < -0.4 is 11.1 Å². The Balaban J connectivity index is 0.00000529. The predicted molar refractivity (Wildman–Crippen MR) is 177 cm³/mol. The first-order valence-electron chi connectivity index (χ1n) is 14.8. The highest BCUT2D eigenvalue weighted by atomic mass is 35.5. The number of likely N-dealkylation sites (N-methyl/N-ethyl adjacent to an activating group) is 2. The number of nitrogens with two attached hydrogens (primary N) is 1. The fourth-order valence-corrected chi connectivity index (χ4v) is 8.32. The molecule has 0 unspecified atom stereocenters. The third-order valence-corrected chi connectivity index (χ3v) is 10.9. The zero-order valence-corrected chi connectivity index (χ0v) is 28.2. The van der Waals surface area contributed by atoms with E-state index in [1.54, 1.807) is 50.1 Å². The number of benzene rings is 2. The minimum atomic E-state index is -3.90. The van der Waals surface area contributed by atoms with Gasteiger partial charge in [0.25, 0.3) is 0 Å². The van der Waals surface area contributed by atoms with Crippen molar-refractivity contribution in [3.8, 4) is 0 Å². The van der Waals surface area contributed by atoms with E-state index in [0.29, 0.717) is 29.0 Å². The summed E-state index contributed by atoms with van der Waals surface area (Å²) in [5.41, 5.74) is 6.09. The number of carbonyl (C=O) groups is 2. The van der Waals surface area contributed by atoms with Crippen molar-refractivity contribution < 1.29 is 22.7 Å². The molecule has 1 spiro atoms. The average Bonchev–Trinajstić information content (AvgIpc) is 3.13. The SMILES string of the molecule is CCN(CC1=C(c2ccccc2Cl)S(=O)(=O)N(C)C12CCCCC2)C(=O)[C@@H](COCc1ccccc1)NC(=O)C(C)(C)N.Cl. The van der Waals surface area contributed by atoms with Crippen LogP contribution in [0, 0.1) is 0 Å². The van der Waals surface area contributed by atoms with Crippen LogP contribution in [0.25, 0.3) is 4.91 Å². The highest BCUT2D eigenvalue weighted by Gasteiger charge is 2.54. The van der Waals surface area contributed by atoms with Crippen molar-refractivity contribution in [1.82, 2.24) is 14.5 Å². The van der Waals surface area contributed by atoms with Crippen LogP contribution >= 0.6 is 24.0 Å². The summed E-state index contributed by atoms with van der Waals surface area (Å²) in [6, 6.07) is 15.4. The first-order chi connectivity index (χ1) is 20.3. The van der Waals surface area contributed by atoms with E-state index in [1.165, 1.54) is 4.31 Å². The average molecular weight is 668 g/mol. The van der Waals surface area contributed by atoms with Crippen molar-refractivity contribution in [1.29, 1.82) is 0 Å². The molecule has 44 heavy (non-hydrogen) atoms. The Kier molecular flexibility index (Phi) is 12.1. The van der Waals surface area contributed by atoms with Crippen LogP contribution in [0.15, 0.2) is 60.2 Å². The number of ether oxygens (including phenoxy) is 1. The third-order valence-electron chi connectivity index (χ3n) is 8.48. The maximum atomic E-state index is 14.2. The molecule has 1 aliphatic carbocycles. The van der Waals surface area contributed by atoms with Crippen LogP contribution in [0.1, 0.15) is 64.0 Å². The Morgan fingerprint density at radius 3 is 2.30 bits per heavy atom. The minimum absolute atomic E-state index is 0. The summed E-state index contributed by atoms with van der Waals surface area (Å²) >= 11 is 6.59. The van der Waals surface area contributed by atoms with Crippen molar-refractivity contribution in [2.45, 2.75) is 76.6 Å². The molecule has 2 aromatic carbocycles. The molecule has 9 nitrogen and oxygen atoms in total. The van der Waals surface area contributed by atoms with Gasteiger partial charge < -0.3 is 20.7 Å². The molecular formula is C32H44Cl2N4O5S. The lowest BCUT2D eigenvalue weighted by Gasteiger charge is -2.42. The van der Waals surface area contributed by atoms with Crippen LogP contribution in [0.3, 0.4) is 0 Å². The molecule has 1 aliphatic heterocycles. The smallest absolute Gasteiger partial charge is 0.247 e. The molecule has 0 bridgehead atoms. The van der Waals surface area contributed by atoms with Crippen molar-refractivity contribution in [2.24, 2.45) is 5.73 Å². The summed E-state index contributed by atoms with van der Waals surface area (Å²) in [7, 11) is -2.27. The molecule has 12 heteroatoms.